The van der Waals surface area contributed by atoms with Crippen molar-refractivity contribution in [1.29, 1.82) is 0 Å². The van der Waals surface area contributed by atoms with E-state index in [-0.39, 0.29) is 35.9 Å². The number of nitrogens with one attached hydrogen (secondary N) is 3. The molecule has 1 atom stereocenters. The number of aryl methyl sites for hydroxylation is 1. The molecule has 3 rings (SSSR count). The second kappa shape index (κ2) is 13.1. The molecule has 0 aliphatic rings. The number of halogens is 1. The minimum Gasteiger partial charge on any atom is -0.490 e. The Morgan fingerprint density at radius 1 is 1.21 bits per heavy atom. The van der Waals surface area contributed by atoms with Crippen LogP contribution in [-0.2, 0) is 0 Å². The van der Waals surface area contributed by atoms with E-state index in [1.807, 2.05) is 52.0 Å². The van der Waals surface area contributed by atoms with Crippen LogP contribution in [0.5, 0.6) is 5.75 Å². The summed E-state index contributed by atoms with van der Waals surface area (Å²) in [6.07, 6.45) is 2.22. The molecule has 2 aromatic heterocycles. The van der Waals surface area contributed by atoms with E-state index in [1.165, 1.54) is 6.26 Å². The zero-order valence-corrected chi connectivity index (χ0v) is 21.9. The van der Waals surface area contributed by atoms with Gasteiger partial charge in [-0.1, -0.05) is 12.1 Å². The van der Waals surface area contributed by atoms with Gasteiger partial charge in [0, 0.05) is 30.6 Å². The maximum absolute atomic E-state index is 12.1. The number of rotatable bonds is 10. The lowest BCUT2D eigenvalue weighted by molar-refractivity contribution is 0.0925. The van der Waals surface area contributed by atoms with Gasteiger partial charge in [-0.2, -0.15) is 0 Å². The average Bonchev–Trinajstić information content (AvgIpc) is 3.40. The fourth-order valence-corrected chi connectivity index (χ4v) is 3.29. The number of furan rings is 2. The van der Waals surface area contributed by atoms with Crippen LogP contribution in [-0.4, -0.2) is 38.1 Å². The first kappa shape index (κ1) is 26.6. The molecular formula is C24H33IN4O4. The molecule has 0 saturated carbocycles. The number of carbonyl (C=O) groups excluding carboxylic acids is 1. The highest BCUT2D eigenvalue weighted by Crippen LogP contribution is 2.31. The Morgan fingerprint density at radius 3 is 2.73 bits per heavy atom. The van der Waals surface area contributed by atoms with Crippen molar-refractivity contribution < 1.29 is 18.4 Å². The van der Waals surface area contributed by atoms with Gasteiger partial charge in [0.2, 0.25) is 0 Å². The van der Waals surface area contributed by atoms with Gasteiger partial charge in [0.1, 0.15) is 5.76 Å². The molecule has 180 valence electrons. The lowest BCUT2D eigenvalue weighted by atomic mass is 10.2. The first-order valence-corrected chi connectivity index (χ1v) is 11.1. The topological polar surface area (TPSA) is 101 Å². The summed E-state index contributed by atoms with van der Waals surface area (Å²) in [5, 5.41) is 10.5. The molecule has 33 heavy (non-hydrogen) atoms. The van der Waals surface area contributed by atoms with Gasteiger partial charge in [-0.05, 0) is 52.3 Å². The van der Waals surface area contributed by atoms with Crippen molar-refractivity contribution >= 4 is 46.8 Å². The Bertz CT molecular complexity index is 1060. The fourth-order valence-electron chi connectivity index (χ4n) is 3.29. The fraction of sp³-hybridized carbons (Fsp3) is 0.417. The highest BCUT2D eigenvalue weighted by molar-refractivity contribution is 14.0. The Labute approximate surface area is 211 Å². The predicted octanol–water partition coefficient (Wildman–Crippen LogP) is 4.79. The van der Waals surface area contributed by atoms with Gasteiger partial charge in [0.05, 0.1) is 18.9 Å². The Hall–Kier alpha value is -2.69. The van der Waals surface area contributed by atoms with Crippen molar-refractivity contribution in [1.82, 2.24) is 16.0 Å². The summed E-state index contributed by atoms with van der Waals surface area (Å²) in [6.45, 7) is 10.2. The SMILES string of the molecule is CCNC(=NCCCNC(=O)c1occc1C)NC(C)c1cc2cccc(OCC)c2o1.I. The second-order valence-corrected chi connectivity index (χ2v) is 7.43. The Morgan fingerprint density at radius 2 is 2.03 bits per heavy atom. The summed E-state index contributed by atoms with van der Waals surface area (Å²) >= 11 is 0. The third-order valence-corrected chi connectivity index (χ3v) is 4.91. The summed E-state index contributed by atoms with van der Waals surface area (Å²) in [7, 11) is 0. The minimum atomic E-state index is -0.202. The van der Waals surface area contributed by atoms with Crippen molar-refractivity contribution in [2.75, 3.05) is 26.2 Å². The number of fused-ring (bicyclic) bond motifs is 1. The number of hydrogen-bond donors (Lipinski definition) is 3. The molecule has 0 aliphatic carbocycles. The highest BCUT2D eigenvalue weighted by Gasteiger charge is 2.16. The van der Waals surface area contributed by atoms with Gasteiger partial charge in [-0.3, -0.25) is 9.79 Å². The average molecular weight is 568 g/mol. The van der Waals surface area contributed by atoms with Crippen LogP contribution in [0.1, 0.15) is 55.1 Å². The van der Waals surface area contributed by atoms with E-state index in [0.717, 1.165) is 34.6 Å². The van der Waals surface area contributed by atoms with E-state index in [0.29, 0.717) is 37.8 Å². The monoisotopic (exact) mass is 568 g/mol. The number of hydrogen-bond acceptors (Lipinski definition) is 5. The minimum absolute atomic E-state index is 0. The van der Waals surface area contributed by atoms with E-state index < -0.39 is 0 Å². The van der Waals surface area contributed by atoms with Crippen LogP contribution in [0.15, 0.2) is 50.4 Å². The van der Waals surface area contributed by atoms with Gasteiger partial charge in [0.25, 0.3) is 5.91 Å². The molecule has 1 amide bonds. The largest absolute Gasteiger partial charge is 0.490 e. The van der Waals surface area contributed by atoms with Crippen LogP contribution in [0.25, 0.3) is 11.0 Å². The number of nitrogens with zero attached hydrogens (tertiary/aromatic N) is 1. The van der Waals surface area contributed by atoms with Crippen LogP contribution >= 0.6 is 24.0 Å². The molecule has 1 aromatic carbocycles. The van der Waals surface area contributed by atoms with Crippen LogP contribution in [0, 0.1) is 6.92 Å². The van der Waals surface area contributed by atoms with Gasteiger partial charge in [0.15, 0.2) is 23.1 Å². The summed E-state index contributed by atoms with van der Waals surface area (Å²) in [4.78, 5) is 16.7. The van der Waals surface area contributed by atoms with Crippen molar-refractivity contribution in [3.8, 4) is 5.75 Å². The number of ether oxygens (including phenoxy) is 1. The molecule has 3 N–H and O–H groups in total. The quantitative estimate of drug-likeness (QED) is 0.141. The molecule has 0 radical (unpaired) electrons. The van der Waals surface area contributed by atoms with E-state index in [2.05, 4.69) is 20.9 Å². The van der Waals surface area contributed by atoms with Crippen LogP contribution in [0.4, 0.5) is 0 Å². The van der Waals surface area contributed by atoms with E-state index >= 15 is 0 Å². The van der Waals surface area contributed by atoms with Crippen LogP contribution < -0.4 is 20.7 Å². The maximum Gasteiger partial charge on any atom is 0.287 e. The Kier molecular flexibility index (Phi) is 10.6. The summed E-state index contributed by atoms with van der Waals surface area (Å²) in [5.74, 6) is 2.40. The van der Waals surface area contributed by atoms with Crippen molar-refractivity contribution in [2.45, 2.75) is 40.2 Å². The number of guanidine groups is 1. The highest BCUT2D eigenvalue weighted by atomic mass is 127. The van der Waals surface area contributed by atoms with Gasteiger partial charge in [-0.25, -0.2) is 0 Å². The number of para-hydroxylation sites is 1. The summed E-state index contributed by atoms with van der Waals surface area (Å²) in [6, 6.07) is 9.59. The van der Waals surface area contributed by atoms with Gasteiger partial charge >= 0.3 is 0 Å². The molecule has 0 aliphatic heterocycles. The van der Waals surface area contributed by atoms with Crippen LogP contribution in [0.3, 0.4) is 0 Å². The molecule has 3 aromatic rings. The van der Waals surface area contributed by atoms with E-state index in [9.17, 15) is 4.79 Å². The zero-order valence-electron chi connectivity index (χ0n) is 19.6. The standard InChI is InChI=1S/C24H32N4O4.HI/c1-5-25-24(27-13-8-12-26-23(29)21-16(3)11-14-31-21)28-17(4)20-15-18-9-7-10-19(30-6-2)22(18)32-20;/h7,9-11,14-15,17H,5-6,8,12-13H2,1-4H3,(H,26,29)(H2,25,27,28);1H. The number of carbonyl (C=O) groups is 1. The van der Waals surface area contributed by atoms with Gasteiger partial charge < -0.3 is 29.5 Å². The van der Waals surface area contributed by atoms with Crippen molar-refractivity contribution in [3.63, 3.8) is 0 Å². The van der Waals surface area contributed by atoms with Crippen molar-refractivity contribution in [3.05, 3.63) is 53.7 Å². The molecule has 2 heterocycles. The predicted molar refractivity (Wildman–Crippen MR) is 141 cm³/mol. The summed E-state index contributed by atoms with van der Waals surface area (Å²) < 4.78 is 17.0. The molecule has 9 heteroatoms. The number of aliphatic imine (C=N–C) groups is 1. The van der Waals surface area contributed by atoms with E-state index in [4.69, 9.17) is 13.6 Å². The normalized spacial score (nSPS) is 12.2. The third kappa shape index (κ3) is 7.15. The lowest BCUT2D eigenvalue weighted by Crippen LogP contribution is -2.38. The zero-order chi connectivity index (χ0) is 22.9. The van der Waals surface area contributed by atoms with E-state index in [1.54, 1.807) is 6.07 Å². The lowest BCUT2D eigenvalue weighted by Gasteiger charge is -2.16. The molecule has 8 nitrogen and oxygen atoms in total. The molecule has 0 bridgehead atoms. The number of benzene rings is 1. The third-order valence-electron chi connectivity index (χ3n) is 4.91. The second-order valence-electron chi connectivity index (χ2n) is 7.43. The molecule has 1 unspecified atom stereocenters. The molecule has 0 saturated heterocycles. The first-order chi connectivity index (χ1) is 15.5. The van der Waals surface area contributed by atoms with Gasteiger partial charge in [-0.15, -0.1) is 24.0 Å². The maximum atomic E-state index is 12.1. The Balaban J connectivity index is 0.00000385. The van der Waals surface area contributed by atoms with Crippen LogP contribution in [0.2, 0.25) is 0 Å². The molecule has 0 spiro atoms. The molecular weight excluding hydrogens is 535 g/mol. The van der Waals surface area contributed by atoms with Crippen molar-refractivity contribution in [2.24, 2.45) is 4.99 Å². The smallest absolute Gasteiger partial charge is 0.287 e. The number of amides is 1. The molecule has 0 fully saturated rings. The summed E-state index contributed by atoms with van der Waals surface area (Å²) in [5.41, 5.74) is 1.58. The first-order valence-electron chi connectivity index (χ1n) is 11.1.